The molecule has 0 aromatic heterocycles. The van der Waals surface area contributed by atoms with Crippen LogP contribution in [0.4, 0.5) is 34.1 Å². The zero-order valence-corrected chi connectivity index (χ0v) is 34.1. The molecule has 0 atom stereocenters. The molecule has 0 unspecified atom stereocenters. The summed E-state index contributed by atoms with van der Waals surface area (Å²) in [6, 6.07) is 84.3. The number of rotatable bonds is 11. The zero-order valence-electron chi connectivity index (χ0n) is 36.1. The third-order valence-electron chi connectivity index (χ3n) is 11.3. The first-order valence-electron chi connectivity index (χ1n) is 22.0. The second-order valence-electron chi connectivity index (χ2n) is 15.2. The van der Waals surface area contributed by atoms with Gasteiger partial charge in [-0.1, -0.05) is 194 Å². The third kappa shape index (κ3) is 7.93. The van der Waals surface area contributed by atoms with Crippen LogP contribution in [0.15, 0.2) is 243 Å². The van der Waals surface area contributed by atoms with Crippen molar-refractivity contribution in [1.82, 2.24) is 0 Å². The molecule has 0 aliphatic carbocycles. The molecule has 0 aliphatic heterocycles. The van der Waals surface area contributed by atoms with Crippen molar-refractivity contribution in [2.45, 2.75) is 0 Å². The Bertz CT molecular complexity index is 2950. The van der Waals surface area contributed by atoms with Crippen molar-refractivity contribution < 1.29 is 2.74 Å². The van der Waals surface area contributed by atoms with E-state index >= 15 is 0 Å². The highest BCUT2D eigenvalue weighted by Crippen LogP contribution is 2.41. The molecule has 0 fully saturated rings. The highest BCUT2D eigenvalue weighted by molar-refractivity contribution is 6.11. The highest BCUT2D eigenvalue weighted by atomic mass is 15.1. The van der Waals surface area contributed by atoms with E-state index in [1.165, 1.54) is 0 Å². The van der Waals surface area contributed by atoms with Gasteiger partial charge in [-0.3, -0.25) is 0 Å². The lowest BCUT2D eigenvalue weighted by molar-refractivity contribution is 1.28. The van der Waals surface area contributed by atoms with Gasteiger partial charge < -0.3 is 9.80 Å². The van der Waals surface area contributed by atoms with E-state index in [0.29, 0.717) is 12.1 Å². The Labute approximate surface area is 367 Å². The number of para-hydroxylation sites is 4. The second kappa shape index (κ2) is 17.6. The quantitative estimate of drug-likeness (QED) is 0.120. The van der Waals surface area contributed by atoms with E-state index in [4.69, 9.17) is 0 Å². The Morgan fingerprint density at radius 1 is 0.274 bits per heavy atom. The number of hydrogen-bond donors (Lipinski definition) is 0. The highest BCUT2D eigenvalue weighted by Gasteiger charge is 2.17. The maximum atomic E-state index is 9.53. The van der Waals surface area contributed by atoms with Crippen LogP contribution in [0.5, 0.6) is 0 Å². The monoisotopic (exact) mass is 794 g/mol. The zero-order chi connectivity index (χ0) is 43.2. The molecule has 62 heavy (non-hydrogen) atoms. The van der Waals surface area contributed by atoms with Crippen LogP contribution in [-0.4, -0.2) is 0 Å². The smallest absolute Gasteiger partial charge is 0.0629 e. The Kier molecular flexibility index (Phi) is 10.1. The lowest BCUT2D eigenvalue weighted by Crippen LogP contribution is -2.09. The molecule has 10 aromatic rings. The first-order valence-corrected chi connectivity index (χ1v) is 21.0. The van der Waals surface area contributed by atoms with Gasteiger partial charge in [0.15, 0.2) is 0 Å². The summed E-state index contributed by atoms with van der Waals surface area (Å²) in [5.41, 5.74) is 11.9. The Balaban J connectivity index is 1.06. The van der Waals surface area contributed by atoms with Crippen molar-refractivity contribution in [1.29, 1.82) is 0 Å². The average molecular weight is 795 g/mol. The molecule has 294 valence electrons. The molecule has 0 saturated carbocycles. The van der Waals surface area contributed by atoms with E-state index in [1.807, 2.05) is 60.7 Å². The minimum atomic E-state index is 0.410. The summed E-state index contributed by atoms with van der Waals surface area (Å²) in [5.74, 6) is 0. The van der Waals surface area contributed by atoms with Crippen LogP contribution in [0.1, 0.15) is 25.0 Å². The van der Waals surface area contributed by atoms with Crippen molar-refractivity contribution in [3.05, 3.63) is 265 Å². The average Bonchev–Trinajstić information content (AvgIpc) is 3.36. The van der Waals surface area contributed by atoms with Crippen molar-refractivity contribution in [2.75, 3.05) is 9.80 Å². The van der Waals surface area contributed by atoms with E-state index in [1.54, 1.807) is 0 Å². The van der Waals surface area contributed by atoms with Gasteiger partial charge in [0.25, 0.3) is 0 Å². The van der Waals surface area contributed by atoms with Crippen LogP contribution in [-0.2, 0) is 0 Å². The summed E-state index contributed by atoms with van der Waals surface area (Å²) in [4.78, 5) is 4.46. The lowest BCUT2D eigenvalue weighted by atomic mass is 9.86. The summed E-state index contributed by atoms with van der Waals surface area (Å²) in [6.07, 6.45) is 3.98. The summed E-state index contributed by atoms with van der Waals surface area (Å²) < 4.78 is 19.1. The Morgan fingerprint density at radius 3 is 0.903 bits per heavy atom. The molecule has 0 bridgehead atoms. The van der Waals surface area contributed by atoms with Crippen LogP contribution in [0.25, 0.3) is 56.9 Å². The van der Waals surface area contributed by atoms with Crippen molar-refractivity contribution in [3.63, 3.8) is 0 Å². The molecule has 10 rings (SSSR count). The van der Waals surface area contributed by atoms with Gasteiger partial charge in [-0.15, -0.1) is 0 Å². The van der Waals surface area contributed by atoms with E-state index in [0.717, 1.165) is 89.0 Å². The molecule has 0 N–H and O–H groups in total. The first-order chi connectivity index (χ1) is 31.6. The van der Waals surface area contributed by atoms with Gasteiger partial charge >= 0.3 is 0 Å². The molecule has 2 heteroatoms. The molecule has 0 saturated heterocycles. The van der Waals surface area contributed by atoms with Gasteiger partial charge in [0.2, 0.25) is 0 Å². The molecule has 2 nitrogen and oxygen atoms in total. The molecule has 0 heterocycles. The number of anilines is 6. The Hall–Kier alpha value is -8.20. The summed E-state index contributed by atoms with van der Waals surface area (Å²) in [5, 5.41) is 4.39. The van der Waals surface area contributed by atoms with Crippen molar-refractivity contribution in [2.24, 2.45) is 0 Å². The van der Waals surface area contributed by atoms with E-state index in [2.05, 4.69) is 204 Å². The molecular formula is C60H44N2. The summed E-state index contributed by atoms with van der Waals surface area (Å²) in [6.45, 7) is 0. The van der Waals surface area contributed by atoms with E-state index in [9.17, 15) is 2.74 Å². The normalized spacial score (nSPS) is 12.2. The van der Waals surface area contributed by atoms with Gasteiger partial charge in [0, 0.05) is 34.1 Å². The van der Waals surface area contributed by atoms with Crippen LogP contribution in [0, 0.1) is 0 Å². The molecule has 10 aromatic carbocycles. The number of hydrogen-bond acceptors (Lipinski definition) is 2. The van der Waals surface area contributed by atoms with Gasteiger partial charge in [-0.25, -0.2) is 0 Å². The van der Waals surface area contributed by atoms with Gasteiger partial charge in [0.05, 0.1) is 2.74 Å². The SMILES string of the molecule is [2H]C(=Cc1ccc2ccccc2c1-c1c(C=C([2H])c2ccc(N(c3ccccc3)c3ccccc3)cc2)ccc2ccccc12)c1ccc(N(c2ccccc2)c2ccccc2)cc1. The van der Waals surface area contributed by atoms with Gasteiger partial charge in [0.1, 0.15) is 0 Å². The molecule has 0 spiro atoms. The first kappa shape index (κ1) is 35.7. The number of benzene rings is 10. The fourth-order valence-corrected chi connectivity index (χ4v) is 8.31. The largest absolute Gasteiger partial charge is 0.311 e. The van der Waals surface area contributed by atoms with Crippen molar-refractivity contribution >= 4 is 79.9 Å². The predicted octanol–water partition coefficient (Wildman–Crippen LogP) is 16.9. The predicted molar refractivity (Wildman–Crippen MR) is 267 cm³/mol. The minimum absolute atomic E-state index is 0.410. The maximum Gasteiger partial charge on any atom is 0.0629 e. The van der Waals surface area contributed by atoms with Crippen LogP contribution in [0.3, 0.4) is 0 Å². The third-order valence-corrected chi connectivity index (χ3v) is 11.3. The van der Waals surface area contributed by atoms with Crippen LogP contribution < -0.4 is 9.80 Å². The number of fused-ring (bicyclic) bond motifs is 2. The van der Waals surface area contributed by atoms with Crippen LogP contribution in [0.2, 0.25) is 0 Å². The fourth-order valence-electron chi connectivity index (χ4n) is 8.31. The second-order valence-corrected chi connectivity index (χ2v) is 15.2. The summed E-state index contributed by atoms with van der Waals surface area (Å²) in [7, 11) is 0. The lowest BCUT2D eigenvalue weighted by Gasteiger charge is -2.25. The van der Waals surface area contributed by atoms with Crippen molar-refractivity contribution in [3.8, 4) is 11.1 Å². The minimum Gasteiger partial charge on any atom is -0.311 e. The van der Waals surface area contributed by atoms with E-state index < -0.39 is 0 Å². The van der Waals surface area contributed by atoms with Gasteiger partial charge in [-0.2, -0.15) is 0 Å². The standard InChI is InChI=1S/C60H44N2/c1-5-19-51(20-6-1)61(52-21-7-2-8-22-52)55-41-31-45(32-42-55)29-35-49-39-37-47-17-13-15-27-57(47)59(49)60-50(40-38-48-18-14-16-28-58(48)60)36-30-46-33-43-56(44-34-46)62(53-23-9-3-10-24-53)54-25-11-4-12-26-54/h1-44H/i29D,30D. The fraction of sp³-hybridized carbons (Fsp3) is 0. The molecule has 0 amide bonds. The van der Waals surface area contributed by atoms with Crippen LogP contribution >= 0.6 is 0 Å². The number of nitrogens with zero attached hydrogens (tertiary/aromatic N) is 2. The maximum absolute atomic E-state index is 9.53. The van der Waals surface area contributed by atoms with Gasteiger partial charge in [-0.05, 0) is 128 Å². The summed E-state index contributed by atoms with van der Waals surface area (Å²) >= 11 is 0. The topological polar surface area (TPSA) is 6.48 Å². The Morgan fingerprint density at radius 2 is 0.565 bits per heavy atom. The molecule has 0 aliphatic rings. The molecular weight excluding hydrogens is 749 g/mol. The van der Waals surface area contributed by atoms with E-state index in [-0.39, 0.29) is 0 Å². The molecule has 0 radical (unpaired) electrons.